The van der Waals surface area contributed by atoms with Crippen LogP contribution in [0.5, 0.6) is 0 Å². The Bertz CT molecular complexity index is 506. The second-order valence-corrected chi connectivity index (χ2v) is 5.64. The number of pyridine rings is 1. The van der Waals surface area contributed by atoms with Crippen LogP contribution in [0.25, 0.3) is 5.52 Å². The summed E-state index contributed by atoms with van der Waals surface area (Å²) in [4.78, 5) is 4.60. The van der Waals surface area contributed by atoms with Gasteiger partial charge >= 0.3 is 0 Å². The molecule has 3 heteroatoms. The van der Waals surface area contributed by atoms with Crippen molar-refractivity contribution in [1.29, 1.82) is 0 Å². The maximum absolute atomic E-state index is 4.60. The van der Waals surface area contributed by atoms with E-state index in [0.29, 0.717) is 0 Å². The Morgan fingerprint density at radius 3 is 2.60 bits per heavy atom. The van der Waals surface area contributed by atoms with E-state index < -0.39 is 0 Å². The molecule has 0 aliphatic rings. The third-order valence-electron chi connectivity index (χ3n) is 2.49. The number of hydrogen-bond acceptors (Lipinski definition) is 1. The Labute approximate surface area is 98.5 Å². The highest BCUT2D eigenvalue weighted by atomic mass is 79.9. The number of nitrogens with zero attached hydrogens (tertiary/aromatic N) is 2. The second kappa shape index (κ2) is 3.34. The van der Waals surface area contributed by atoms with Crippen LogP contribution in [-0.4, -0.2) is 9.38 Å². The van der Waals surface area contributed by atoms with Gasteiger partial charge in [-0.05, 0) is 34.5 Å². The average molecular weight is 267 g/mol. The lowest BCUT2D eigenvalue weighted by molar-refractivity contribution is 0.542. The van der Waals surface area contributed by atoms with Gasteiger partial charge < -0.3 is 4.40 Å². The zero-order valence-electron chi connectivity index (χ0n) is 9.50. The minimum Gasteiger partial charge on any atom is -0.302 e. The van der Waals surface area contributed by atoms with Crippen molar-refractivity contribution in [3.63, 3.8) is 0 Å². The highest BCUT2D eigenvalue weighted by molar-refractivity contribution is 9.10. The molecular weight excluding hydrogens is 252 g/mol. The molecule has 0 N–H and O–H groups in total. The van der Waals surface area contributed by atoms with Crippen LogP contribution < -0.4 is 0 Å². The van der Waals surface area contributed by atoms with Crippen LogP contribution in [0, 0.1) is 6.92 Å². The molecule has 0 amide bonds. The zero-order chi connectivity index (χ0) is 11.2. The Hall–Kier alpha value is -0.830. The molecule has 0 saturated carbocycles. The van der Waals surface area contributed by atoms with Gasteiger partial charge in [-0.2, -0.15) is 0 Å². The van der Waals surface area contributed by atoms with Crippen molar-refractivity contribution in [3.05, 3.63) is 34.3 Å². The van der Waals surface area contributed by atoms with Gasteiger partial charge in [0.1, 0.15) is 10.4 Å². The van der Waals surface area contributed by atoms with Crippen LogP contribution >= 0.6 is 15.9 Å². The van der Waals surface area contributed by atoms with Gasteiger partial charge in [0, 0.05) is 11.6 Å². The fraction of sp³-hybridized carbons (Fsp3) is 0.417. The van der Waals surface area contributed by atoms with E-state index in [4.69, 9.17) is 0 Å². The number of aromatic nitrogens is 2. The number of imidazole rings is 1. The summed E-state index contributed by atoms with van der Waals surface area (Å²) >= 11 is 3.53. The molecule has 0 aliphatic carbocycles. The molecular formula is C12H15BrN2. The molecule has 0 aliphatic heterocycles. The zero-order valence-corrected chi connectivity index (χ0v) is 11.1. The summed E-state index contributed by atoms with van der Waals surface area (Å²) in [5.74, 6) is 1.09. The van der Waals surface area contributed by atoms with Gasteiger partial charge in [-0.25, -0.2) is 4.98 Å². The summed E-state index contributed by atoms with van der Waals surface area (Å²) in [5, 5.41) is 0. The largest absolute Gasteiger partial charge is 0.302 e. The molecule has 2 nitrogen and oxygen atoms in total. The van der Waals surface area contributed by atoms with Gasteiger partial charge in [0.05, 0.1) is 5.52 Å². The molecule has 0 atom stereocenters. The molecule has 0 bridgehead atoms. The number of hydrogen-bond donors (Lipinski definition) is 0. The van der Waals surface area contributed by atoms with E-state index in [1.807, 2.05) is 0 Å². The van der Waals surface area contributed by atoms with E-state index in [2.05, 4.69) is 71.3 Å². The van der Waals surface area contributed by atoms with E-state index in [9.17, 15) is 0 Å². The minimum absolute atomic E-state index is 0.0583. The van der Waals surface area contributed by atoms with Crippen LogP contribution in [0.4, 0.5) is 0 Å². The van der Waals surface area contributed by atoms with E-state index in [1.54, 1.807) is 0 Å². The topological polar surface area (TPSA) is 17.3 Å². The fourth-order valence-electron chi connectivity index (χ4n) is 1.78. The van der Waals surface area contributed by atoms with E-state index in [0.717, 1.165) is 10.4 Å². The molecule has 2 aromatic rings. The van der Waals surface area contributed by atoms with Gasteiger partial charge in [0.25, 0.3) is 0 Å². The average Bonchev–Trinajstić information content (AvgIpc) is 2.44. The predicted molar refractivity (Wildman–Crippen MR) is 66.3 cm³/mol. The quantitative estimate of drug-likeness (QED) is 0.711. The molecule has 2 rings (SSSR count). The standard InChI is InChI=1S/C12H15BrN2/c1-8-6-5-7-15-9(8)10(13)14-11(15)12(2,3)4/h5-7H,1-4H3. The summed E-state index contributed by atoms with van der Waals surface area (Å²) in [6.07, 6.45) is 2.07. The van der Waals surface area contributed by atoms with Crippen molar-refractivity contribution < 1.29 is 0 Å². The Balaban J connectivity index is 2.85. The molecule has 0 spiro atoms. The summed E-state index contributed by atoms with van der Waals surface area (Å²) < 4.78 is 3.10. The van der Waals surface area contributed by atoms with E-state index in [-0.39, 0.29) is 5.41 Å². The van der Waals surface area contributed by atoms with Gasteiger partial charge in [-0.1, -0.05) is 26.8 Å². The first-order valence-corrected chi connectivity index (χ1v) is 5.84. The lowest BCUT2D eigenvalue weighted by Crippen LogP contribution is -2.15. The van der Waals surface area contributed by atoms with Crippen molar-refractivity contribution in [2.45, 2.75) is 33.1 Å². The second-order valence-electron chi connectivity index (χ2n) is 4.89. The minimum atomic E-state index is 0.0583. The summed E-state index contributed by atoms with van der Waals surface area (Å²) in [5.41, 5.74) is 2.47. The molecule has 0 unspecified atom stereocenters. The lowest BCUT2D eigenvalue weighted by atomic mass is 9.96. The third kappa shape index (κ3) is 1.69. The SMILES string of the molecule is Cc1cccn2c(C(C)(C)C)nc(Br)c12. The first-order valence-electron chi connectivity index (χ1n) is 5.05. The fourth-order valence-corrected chi connectivity index (χ4v) is 2.46. The van der Waals surface area contributed by atoms with E-state index in [1.165, 1.54) is 11.1 Å². The predicted octanol–water partition coefficient (Wildman–Crippen LogP) is 3.70. The van der Waals surface area contributed by atoms with Crippen LogP contribution in [0.1, 0.15) is 32.2 Å². The highest BCUT2D eigenvalue weighted by Crippen LogP contribution is 2.28. The molecule has 2 aromatic heterocycles. The van der Waals surface area contributed by atoms with Gasteiger partial charge in [0.15, 0.2) is 0 Å². The Morgan fingerprint density at radius 1 is 1.33 bits per heavy atom. The molecule has 2 heterocycles. The lowest BCUT2D eigenvalue weighted by Gasteiger charge is -2.16. The molecule has 0 saturated heterocycles. The summed E-state index contributed by atoms with van der Waals surface area (Å²) in [6.45, 7) is 8.64. The smallest absolute Gasteiger partial charge is 0.132 e. The molecule has 0 fully saturated rings. The number of rotatable bonds is 0. The van der Waals surface area contributed by atoms with Crippen molar-refractivity contribution >= 4 is 21.4 Å². The maximum atomic E-state index is 4.60. The van der Waals surface area contributed by atoms with Gasteiger partial charge in [-0.15, -0.1) is 0 Å². The normalized spacial score (nSPS) is 12.3. The van der Waals surface area contributed by atoms with Crippen LogP contribution in [0.3, 0.4) is 0 Å². The number of halogens is 1. The maximum Gasteiger partial charge on any atom is 0.132 e. The Kier molecular flexibility index (Phi) is 2.38. The van der Waals surface area contributed by atoms with Crippen LogP contribution in [0.15, 0.2) is 22.9 Å². The summed E-state index contributed by atoms with van der Waals surface area (Å²) in [7, 11) is 0. The number of aryl methyl sites for hydroxylation is 1. The molecule has 0 aromatic carbocycles. The van der Waals surface area contributed by atoms with E-state index >= 15 is 0 Å². The van der Waals surface area contributed by atoms with Gasteiger partial charge in [0.2, 0.25) is 0 Å². The third-order valence-corrected chi connectivity index (χ3v) is 3.05. The Morgan fingerprint density at radius 2 is 2.00 bits per heavy atom. The van der Waals surface area contributed by atoms with Crippen molar-refractivity contribution in [3.8, 4) is 0 Å². The monoisotopic (exact) mass is 266 g/mol. The van der Waals surface area contributed by atoms with Crippen molar-refractivity contribution in [2.24, 2.45) is 0 Å². The highest BCUT2D eigenvalue weighted by Gasteiger charge is 2.22. The first kappa shape index (κ1) is 10.7. The molecule has 0 radical (unpaired) electrons. The first-order chi connectivity index (χ1) is 6.91. The van der Waals surface area contributed by atoms with Crippen molar-refractivity contribution in [2.75, 3.05) is 0 Å². The number of fused-ring (bicyclic) bond motifs is 1. The molecule has 80 valence electrons. The summed E-state index contributed by atoms with van der Waals surface area (Å²) in [6, 6.07) is 4.17. The van der Waals surface area contributed by atoms with Crippen LogP contribution in [-0.2, 0) is 5.41 Å². The van der Waals surface area contributed by atoms with Crippen molar-refractivity contribution in [1.82, 2.24) is 9.38 Å². The van der Waals surface area contributed by atoms with Crippen LogP contribution in [0.2, 0.25) is 0 Å². The van der Waals surface area contributed by atoms with Gasteiger partial charge in [-0.3, -0.25) is 0 Å². The molecule has 15 heavy (non-hydrogen) atoms.